The van der Waals surface area contributed by atoms with Crippen LogP contribution in [0.15, 0.2) is 53.5 Å². The summed E-state index contributed by atoms with van der Waals surface area (Å²) in [6.45, 7) is 3.80. The first kappa shape index (κ1) is 25.8. The van der Waals surface area contributed by atoms with E-state index < -0.39 is 0 Å². The van der Waals surface area contributed by atoms with Gasteiger partial charge in [-0.3, -0.25) is 14.7 Å². The molecule has 0 spiro atoms. The summed E-state index contributed by atoms with van der Waals surface area (Å²) in [7, 11) is 7.26. The summed E-state index contributed by atoms with van der Waals surface area (Å²) in [4.78, 5) is 37.6. The van der Waals surface area contributed by atoms with Gasteiger partial charge in [-0.05, 0) is 39.2 Å². The fraction of sp³-hybridized carbons (Fsp3) is 0.346. The Morgan fingerprint density at radius 1 is 1.08 bits per heavy atom. The van der Waals surface area contributed by atoms with Crippen molar-refractivity contribution in [1.29, 1.82) is 0 Å². The maximum absolute atomic E-state index is 13.2. The smallest absolute Gasteiger partial charge is 0.334 e. The number of hydrogen-bond donors (Lipinski definition) is 0. The summed E-state index contributed by atoms with van der Waals surface area (Å²) in [6, 6.07) is 12.4. The molecule has 0 atom stereocenters. The number of hydrogen-bond acceptors (Lipinski definition) is 8. The zero-order valence-corrected chi connectivity index (χ0v) is 21.7. The van der Waals surface area contributed by atoms with Crippen LogP contribution in [-0.2, 0) is 13.0 Å². The van der Waals surface area contributed by atoms with Crippen molar-refractivity contribution < 1.29 is 9.66 Å². The average molecular weight is 506 g/mol. The number of fused-ring (bicyclic) bond motifs is 1. The third kappa shape index (κ3) is 5.17. The molecule has 37 heavy (non-hydrogen) atoms. The molecule has 2 heterocycles. The number of nitro groups is 1. The summed E-state index contributed by atoms with van der Waals surface area (Å²) < 4.78 is 8.86. The Balaban J connectivity index is 1.74. The molecule has 0 unspecified atom stereocenters. The molecule has 0 saturated heterocycles. The van der Waals surface area contributed by atoms with Crippen molar-refractivity contribution in [2.24, 2.45) is 0 Å². The molecule has 0 aliphatic rings. The van der Waals surface area contributed by atoms with Crippen molar-refractivity contribution in [2.45, 2.75) is 19.9 Å². The van der Waals surface area contributed by atoms with E-state index in [-0.39, 0.29) is 22.7 Å². The maximum Gasteiger partial charge on any atom is 0.334 e. The quantitative estimate of drug-likeness (QED) is 0.239. The van der Waals surface area contributed by atoms with Crippen LogP contribution in [0.1, 0.15) is 18.3 Å². The van der Waals surface area contributed by atoms with Crippen LogP contribution in [-0.4, -0.2) is 70.3 Å². The number of ether oxygens (including phenoxy) is 1. The number of rotatable bonds is 10. The van der Waals surface area contributed by atoms with Crippen LogP contribution in [0.2, 0.25) is 0 Å². The number of nitro benzene ring substituents is 1. The second-order valence-electron chi connectivity index (χ2n) is 8.99. The van der Waals surface area contributed by atoms with Gasteiger partial charge in [-0.15, -0.1) is 0 Å². The van der Waals surface area contributed by atoms with Gasteiger partial charge in [0.05, 0.1) is 23.1 Å². The fourth-order valence-corrected chi connectivity index (χ4v) is 4.36. The van der Waals surface area contributed by atoms with E-state index in [0.717, 1.165) is 17.6 Å². The van der Waals surface area contributed by atoms with E-state index >= 15 is 0 Å². The molecule has 4 rings (SSSR count). The Bertz CT molecular complexity index is 1490. The van der Waals surface area contributed by atoms with E-state index in [1.807, 2.05) is 62.1 Å². The van der Waals surface area contributed by atoms with Crippen LogP contribution < -0.4 is 15.3 Å². The highest BCUT2D eigenvalue weighted by molar-refractivity contribution is 5.77. The topological polar surface area (TPSA) is 112 Å². The molecule has 0 radical (unpaired) electrons. The minimum absolute atomic E-state index is 0.0181. The average Bonchev–Trinajstić information content (AvgIpc) is 3.17. The minimum atomic E-state index is -0.388. The number of likely N-dealkylation sites (N-methyl/N-ethyl adjacent to an activating group) is 2. The van der Waals surface area contributed by atoms with Crippen molar-refractivity contribution in [2.75, 3.05) is 46.2 Å². The number of anilines is 1. The second kappa shape index (κ2) is 10.8. The van der Waals surface area contributed by atoms with Crippen LogP contribution in [0.3, 0.4) is 0 Å². The molecule has 11 heteroatoms. The molecular formula is C26H31N7O4. The van der Waals surface area contributed by atoms with Gasteiger partial charge in [0, 0.05) is 57.0 Å². The van der Waals surface area contributed by atoms with Crippen molar-refractivity contribution in [1.82, 2.24) is 24.0 Å². The Hall–Kier alpha value is -4.25. The molecule has 194 valence electrons. The Labute approximate surface area is 214 Å². The predicted octanol–water partition coefficient (Wildman–Crippen LogP) is 3.11. The number of imidazole rings is 1. The van der Waals surface area contributed by atoms with Crippen LogP contribution in [0.5, 0.6) is 5.75 Å². The van der Waals surface area contributed by atoms with E-state index in [1.54, 1.807) is 27.5 Å². The third-order valence-electron chi connectivity index (χ3n) is 6.29. The van der Waals surface area contributed by atoms with Crippen LogP contribution >= 0.6 is 0 Å². The number of benzene rings is 2. The van der Waals surface area contributed by atoms with Gasteiger partial charge in [-0.2, -0.15) is 0 Å². The van der Waals surface area contributed by atoms with Crippen molar-refractivity contribution in [3.8, 4) is 11.6 Å². The summed E-state index contributed by atoms with van der Waals surface area (Å²) >= 11 is 0. The van der Waals surface area contributed by atoms with Crippen molar-refractivity contribution >= 4 is 22.4 Å². The van der Waals surface area contributed by atoms with Crippen molar-refractivity contribution in [3.63, 3.8) is 0 Å². The molecule has 0 saturated carbocycles. The molecule has 0 aliphatic heterocycles. The number of aromatic nitrogens is 4. The van der Waals surface area contributed by atoms with Gasteiger partial charge in [-0.25, -0.2) is 19.3 Å². The minimum Gasteiger partial charge on any atom is -0.496 e. The van der Waals surface area contributed by atoms with Crippen molar-refractivity contribution in [3.05, 3.63) is 80.6 Å². The highest BCUT2D eigenvalue weighted by Crippen LogP contribution is 2.35. The van der Waals surface area contributed by atoms with E-state index in [4.69, 9.17) is 4.74 Å². The highest BCUT2D eigenvalue weighted by Gasteiger charge is 2.23. The Morgan fingerprint density at radius 2 is 1.81 bits per heavy atom. The first-order chi connectivity index (χ1) is 17.7. The molecule has 0 amide bonds. The Morgan fingerprint density at radius 3 is 2.46 bits per heavy atom. The number of nitrogens with zero attached hydrogens (tertiary/aromatic N) is 7. The number of aryl methyl sites for hydroxylation is 1. The molecule has 0 fully saturated rings. The largest absolute Gasteiger partial charge is 0.496 e. The highest BCUT2D eigenvalue weighted by atomic mass is 16.6. The first-order valence-electron chi connectivity index (χ1n) is 12.0. The van der Waals surface area contributed by atoms with Crippen LogP contribution in [0, 0.1) is 10.1 Å². The molecule has 2 aromatic carbocycles. The third-order valence-corrected chi connectivity index (χ3v) is 6.29. The van der Waals surface area contributed by atoms with Gasteiger partial charge in [0.2, 0.25) is 0 Å². The monoisotopic (exact) mass is 505 g/mol. The lowest BCUT2D eigenvalue weighted by Gasteiger charge is -2.22. The van der Waals surface area contributed by atoms with Gasteiger partial charge in [0.15, 0.2) is 0 Å². The lowest BCUT2D eigenvalue weighted by molar-refractivity contribution is -0.384. The zero-order chi connectivity index (χ0) is 26.7. The van der Waals surface area contributed by atoms with E-state index in [0.29, 0.717) is 41.7 Å². The van der Waals surface area contributed by atoms with E-state index in [1.165, 1.54) is 13.2 Å². The fourth-order valence-electron chi connectivity index (χ4n) is 4.36. The molecule has 2 aromatic heterocycles. The van der Waals surface area contributed by atoms with Gasteiger partial charge in [0.25, 0.3) is 5.69 Å². The van der Waals surface area contributed by atoms with Gasteiger partial charge in [-0.1, -0.05) is 12.1 Å². The summed E-state index contributed by atoms with van der Waals surface area (Å²) in [5, 5.41) is 12.0. The maximum atomic E-state index is 13.2. The van der Waals surface area contributed by atoms with Gasteiger partial charge in [0.1, 0.15) is 23.1 Å². The molecule has 11 nitrogen and oxygen atoms in total. The van der Waals surface area contributed by atoms with Crippen LogP contribution in [0.25, 0.3) is 16.9 Å². The summed E-state index contributed by atoms with van der Waals surface area (Å²) in [5.74, 6) is 1.36. The molecule has 0 aliphatic carbocycles. The van der Waals surface area contributed by atoms with Crippen LogP contribution in [0.4, 0.5) is 11.4 Å². The molecule has 0 N–H and O–H groups in total. The number of para-hydroxylation sites is 2. The lowest BCUT2D eigenvalue weighted by Crippen LogP contribution is -2.29. The first-order valence-corrected chi connectivity index (χ1v) is 12.0. The standard InChI is InChI=1S/C26H31N7O4/c1-6-31-19-9-7-8-10-20(19)32(26(31)34)25-11-12-27-24(28-25)16-18-15-22(33(35)36)21(17-23(18)37-5)30(4)14-13-29(2)3/h7-12,15,17H,6,13-14,16H2,1-5H3. The Kier molecular flexibility index (Phi) is 7.53. The second-order valence-corrected chi connectivity index (χ2v) is 8.99. The molecular weight excluding hydrogens is 474 g/mol. The summed E-state index contributed by atoms with van der Waals surface area (Å²) in [6.07, 6.45) is 1.78. The normalized spacial score (nSPS) is 11.3. The molecule has 0 bridgehead atoms. The molecule has 4 aromatic rings. The lowest BCUT2D eigenvalue weighted by atomic mass is 10.1. The SMILES string of the molecule is CCn1c(=O)n(-c2ccnc(Cc3cc([N+](=O)[O-])c(N(C)CCN(C)C)cc3OC)n2)c2ccccc21. The van der Waals surface area contributed by atoms with E-state index in [9.17, 15) is 14.9 Å². The van der Waals surface area contributed by atoms with Gasteiger partial charge < -0.3 is 14.5 Å². The van der Waals surface area contributed by atoms with E-state index in [2.05, 4.69) is 9.97 Å². The summed E-state index contributed by atoms with van der Waals surface area (Å²) in [5.41, 5.74) is 2.42. The zero-order valence-electron chi connectivity index (χ0n) is 21.7. The predicted molar refractivity (Wildman–Crippen MR) is 143 cm³/mol. The van der Waals surface area contributed by atoms with Gasteiger partial charge >= 0.3 is 5.69 Å². The number of methoxy groups -OCH3 is 1.